The van der Waals surface area contributed by atoms with Crippen LogP contribution in [-0.2, 0) is 9.63 Å². The van der Waals surface area contributed by atoms with Crippen molar-refractivity contribution in [2.75, 3.05) is 26.5 Å². The van der Waals surface area contributed by atoms with Gasteiger partial charge >= 0.3 is 0 Å². The zero-order valence-corrected chi connectivity index (χ0v) is 11.1. The SMILES string of the molecule is CCOc1ccc(SCC(=O)N(C)OC)cc1. The van der Waals surface area contributed by atoms with E-state index in [0.717, 1.165) is 10.6 Å². The minimum atomic E-state index is -0.0635. The third-order valence-electron chi connectivity index (χ3n) is 2.12. The summed E-state index contributed by atoms with van der Waals surface area (Å²) in [6.45, 7) is 2.60. The Bertz CT molecular complexity index is 353. The van der Waals surface area contributed by atoms with Crippen LogP contribution in [-0.4, -0.2) is 37.5 Å². The van der Waals surface area contributed by atoms with Crippen LogP contribution in [0, 0.1) is 0 Å². The van der Waals surface area contributed by atoms with Crippen molar-refractivity contribution < 1.29 is 14.4 Å². The van der Waals surface area contributed by atoms with Gasteiger partial charge < -0.3 is 4.74 Å². The van der Waals surface area contributed by atoms with E-state index in [4.69, 9.17) is 9.57 Å². The summed E-state index contributed by atoms with van der Waals surface area (Å²) < 4.78 is 5.34. The van der Waals surface area contributed by atoms with Gasteiger partial charge in [0.15, 0.2) is 0 Å². The van der Waals surface area contributed by atoms with Crippen molar-refractivity contribution in [2.24, 2.45) is 0 Å². The summed E-state index contributed by atoms with van der Waals surface area (Å²) in [5.74, 6) is 1.14. The molecule has 0 bridgehead atoms. The summed E-state index contributed by atoms with van der Waals surface area (Å²) in [6.07, 6.45) is 0. The second-order valence-corrected chi connectivity index (χ2v) is 4.32. The van der Waals surface area contributed by atoms with Gasteiger partial charge in [0.2, 0.25) is 0 Å². The third kappa shape index (κ3) is 4.66. The van der Waals surface area contributed by atoms with Gasteiger partial charge in [-0.25, -0.2) is 5.06 Å². The highest BCUT2D eigenvalue weighted by molar-refractivity contribution is 8.00. The topological polar surface area (TPSA) is 38.8 Å². The number of hydroxylamine groups is 2. The Morgan fingerprint density at radius 2 is 2.00 bits per heavy atom. The van der Waals surface area contributed by atoms with Crippen molar-refractivity contribution in [3.63, 3.8) is 0 Å². The van der Waals surface area contributed by atoms with Gasteiger partial charge in [-0.1, -0.05) is 0 Å². The lowest BCUT2D eigenvalue weighted by molar-refractivity contribution is -0.165. The largest absolute Gasteiger partial charge is 0.494 e. The minimum Gasteiger partial charge on any atom is -0.494 e. The second-order valence-electron chi connectivity index (χ2n) is 3.27. The Morgan fingerprint density at radius 3 is 2.53 bits per heavy atom. The van der Waals surface area contributed by atoms with E-state index in [9.17, 15) is 4.79 Å². The van der Waals surface area contributed by atoms with E-state index >= 15 is 0 Å². The van der Waals surface area contributed by atoms with Crippen LogP contribution in [0.25, 0.3) is 0 Å². The van der Waals surface area contributed by atoms with Crippen LogP contribution in [0.3, 0.4) is 0 Å². The molecule has 94 valence electrons. The van der Waals surface area contributed by atoms with Crippen LogP contribution in [0.15, 0.2) is 29.2 Å². The first-order chi connectivity index (χ1) is 8.17. The summed E-state index contributed by atoms with van der Waals surface area (Å²) in [5.41, 5.74) is 0. The molecule has 0 spiro atoms. The molecule has 0 aromatic heterocycles. The second kappa shape index (κ2) is 7.19. The van der Waals surface area contributed by atoms with E-state index < -0.39 is 0 Å². The van der Waals surface area contributed by atoms with Crippen LogP contribution in [0.5, 0.6) is 5.75 Å². The van der Waals surface area contributed by atoms with Gasteiger partial charge in [-0.15, -0.1) is 11.8 Å². The van der Waals surface area contributed by atoms with E-state index in [1.54, 1.807) is 7.05 Å². The van der Waals surface area contributed by atoms with Crippen molar-refractivity contribution in [2.45, 2.75) is 11.8 Å². The predicted octanol–water partition coefficient (Wildman–Crippen LogP) is 2.20. The lowest BCUT2D eigenvalue weighted by atomic mass is 10.3. The summed E-state index contributed by atoms with van der Waals surface area (Å²) in [4.78, 5) is 17.3. The molecule has 17 heavy (non-hydrogen) atoms. The van der Waals surface area contributed by atoms with E-state index in [2.05, 4.69) is 0 Å². The number of hydrogen-bond donors (Lipinski definition) is 0. The molecule has 0 heterocycles. The van der Waals surface area contributed by atoms with Gasteiger partial charge in [-0.05, 0) is 31.2 Å². The summed E-state index contributed by atoms with van der Waals surface area (Å²) >= 11 is 1.47. The quantitative estimate of drug-likeness (QED) is 0.577. The summed E-state index contributed by atoms with van der Waals surface area (Å²) in [6, 6.07) is 7.68. The van der Waals surface area contributed by atoms with E-state index in [-0.39, 0.29) is 5.91 Å². The molecular weight excluding hydrogens is 238 g/mol. The molecular formula is C12H17NO3S. The number of benzene rings is 1. The highest BCUT2D eigenvalue weighted by atomic mass is 32.2. The minimum absolute atomic E-state index is 0.0635. The van der Waals surface area contributed by atoms with Crippen LogP contribution < -0.4 is 4.74 Å². The molecule has 5 heteroatoms. The highest BCUT2D eigenvalue weighted by Crippen LogP contribution is 2.21. The smallest absolute Gasteiger partial charge is 0.256 e. The molecule has 1 amide bonds. The van der Waals surface area contributed by atoms with Crippen molar-refractivity contribution in [1.29, 1.82) is 0 Å². The van der Waals surface area contributed by atoms with E-state index in [1.165, 1.54) is 23.9 Å². The zero-order chi connectivity index (χ0) is 12.7. The Labute approximate surface area is 106 Å². The van der Waals surface area contributed by atoms with Crippen molar-refractivity contribution >= 4 is 17.7 Å². The molecule has 1 rings (SSSR count). The first-order valence-electron chi connectivity index (χ1n) is 5.33. The van der Waals surface area contributed by atoms with Crippen molar-refractivity contribution in [1.82, 2.24) is 5.06 Å². The fourth-order valence-corrected chi connectivity index (χ4v) is 1.94. The number of nitrogens with zero attached hydrogens (tertiary/aromatic N) is 1. The molecule has 0 aliphatic heterocycles. The number of rotatable bonds is 6. The van der Waals surface area contributed by atoms with E-state index in [0.29, 0.717) is 12.4 Å². The lowest BCUT2D eigenvalue weighted by Crippen LogP contribution is -2.26. The molecule has 0 N–H and O–H groups in total. The Balaban J connectivity index is 2.44. The van der Waals surface area contributed by atoms with Gasteiger partial charge in [0.05, 0.1) is 19.5 Å². The molecule has 1 aromatic rings. The Kier molecular flexibility index (Phi) is 5.86. The molecule has 1 aromatic carbocycles. The summed E-state index contributed by atoms with van der Waals surface area (Å²) in [7, 11) is 3.07. The predicted molar refractivity (Wildman–Crippen MR) is 68.1 cm³/mol. The standard InChI is InChI=1S/C12H17NO3S/c1-4-16-10-5-7-11(8-6-10)17-9-12(14)13(2)15-3/h5-8H,4,9H2,1-3H3. The first kappa shape index (κ1) is 13.9. The third-order valence-corrected chi connectivity index (χ3v) is 3.12. The average molecular weight is 255 g/mol. The maximum atomic E-state index is 11.5. The maximum absolute atomic E-state index is 11.5. The monoisotopic (exact) mass is 255 g/mol. The fourth-order valence-electron chi connectivity index (χ4n) is 1.14. The molecule has 0 fully saturated rings. The fraction of sp³-hybridized carbons (Fsp3) is 0.417. The maximum Gasteiger partial charge on any atom is 0.256 e. The molecule has 0 aliphatic carbocycles. The molecule has 0 saturated heterocycles. The molecule has 0 atom stereocenters. The van der Waals surface area contributed by atoms with Gasteiger partial charge in [0.1, 0.15) is 5.75 Å². The lowest BCUT2D eigenvalue weighted by Gasteiger charge is -2.13. The summed E-state index contributed by atoms with van der Waals surface area (Å²) in [5, 5.41) is 1.22. The Hall–Kier alpha value is -1.20. The first-order valence-corrected chi connectivity index (χ1v) is 6.32. The van der Waals surface area contributed by atoms with Gasteiger partial charge in [0, 0.05) is 11.9 Å². The van der Waals surface area contributed by atoms with Crippen LogP contribution in [0.4, 0.5) is 0 Å². The van der Waals surface area contributed by atoms with Crippen LogP contribution in [0.1, 0.15) is 6.92 Å². The van der Waals surface area contributed by atoms with Crippen molar-refractivity contribution in [3.8, 4) is 5.75 Å². The van der Waals surface area contributed by atoms with Gasteiger partial charge in [0.25, 0.3) is 5.91 Å². The number of thioether (sulfide) groups is 1. The highest BCUT2D eigenvalue weighted by Gasteiger charge is 2.08. The van der Waals surface area contributed by atoms with Crippen LogP contribution >= 0.6 is 11.8 Å². The van der Waals surface area contributed by atoms with Crippen molar-refractivity contribution in [3.05, 3.63) is 24.3 Å². The van der Waals surface area contributed by atoms with Crippen LogP contribution in [0.2, 0.25) is 0 Å². The normalized spacial score (nSPS) is 10.1. The average Bonchev–Trinajstić information content (AvgIpc) is 2.37. The number of amides is 1. The molecule has 0 aliphatic rings. The van der Waals surface area contributed by atoms with Gasteiger partial charge in [-0.3, -0.25) is 9.63 Å². The van der Waals surface area contributed by atoms with Gasteiger partial charge in [-0.2, -0.15) is 0 Å². The number of carbonyl (C=O) groups excluding carboxylic acids is 1. The van der Waals surface area contributed by atoms with E-state index in [1.807, 2.05) is 31.2 Å². The number of carbonyl (C=O) groups is 1. The molecule has 4 nitrogen and oxygen atoms in total. The number of ether oxygens (including phenoxy) is 1. The zero-order valence-electron chi connectivity index (χ0n) is 10.3. The number of hydrogen-bond acceptors (Lipinski definition) is 4. The molecule has 0 saturated carbocycles. The molecule has 0 radical (unpaired) electrons. The molecule has 0 unspecified atom stereocenters. The Morgan fingerprint density at radius 1 is 1.35 bits per heavy atom.